The van der Waals surface area contributed by atoms with Crippen LogP contribution in [0.4, 0.5) is 0 Å². The van der Waals surface area contributed by atoms with Crippen molar-refractivity contribution in [3.63, 3.8) is 0 Å². The number of aryl methyl sites for hydroxylation is 1. The third-order valence-electron chi connectivity index (χ3n) is 7.10. The van der Waals surface area contributed by atoms with Crippen molar-refractivity contribution in [2.24, 2.45) is 0 Å². The van der Waals surface area contributed by atoms with Gasteiger partial charge in [0.15, 0.2) is 0 Å². The van der Waals surface area contributed by atoms with Crippen molar-refractivity contribution in [2.45, 2.75) is 58.2 Å². The van der Waals surface area contributed by atoms with Gasteiger partial charge in [0.1, 0.15) is 6.04 Å². The Bertz CT molecular complexity index is 1420. The predicted octanol–water partition coefficient (Wildman–Crippen LogP) is 7.63. The first kappa shape index (κ1) is 28.7. The topological polar surface area (TPSA) is 49.4 Å². The molecule has 4 rings (SSSR count). The minimum Gasteiger partial charge on any atom is -0.352 e. The number of hydrogen-bond acceptors (Lipinski definition) is 2. The minimum atomic E-state index is -0.684. The number of amides is 2. The number of hydrogen-bond donors (Lipinski definition) is 1. The average molecular weight is 562 g/mol. The van der Waals surface area contributed by atoms with E-state index in [1.165, 1.54) is 0 Å². The van der Waals surface area contributed by atoms with Crippen LogP contribution in [0.1, 0.15) is 43.4 Å². The Kier molecular flexibility index (Phi) is 10.0. The largest absolute Gasteiger partial charge is 0.352 e. The standard InChI is InChI=1S/C33H34Cl2N2O2/c1-3-23(2)36-33(39)31(21-24-10-5-4-6-11-24)37(22-25-16-18-29(34)30(35)20-25)32(38)19-17-27-14-9-13-26-12-7-8-15-28(26)27/h4-16,18,20,23,31H,3,17,19,21-22H2,1-2H3,(H,36,39)/t23-,31+/m0/s1. The smallest absolute Gasteiger partial charge is 0.243 e. The van der Waals surface area contributed by atoms with Gasteiger partial charge >= 0.3 is 0 Å². The molecular weight excluding hydrogens is 527 g/mol. The van der Waals surface area contributed by atoms with Gasteiger partial charge in [-0.2, -0.15) is 0 Å². The normalized spacial score (nSPS) is 12.6. The van der Waals surface area contributed by atoms with Crippen molar-refractivity contribution in [2.75, 3.05) is 0 Å². The molecule has 39 heavy (non-hydrogen) atoms. The second-order valence-corrected chi connectivity index (χ2v) is 10.7. The highest BCUT2D eigenvalue weighted by molar-refractivity contribution is 6.42. The lowest BCUT2D eigenvalue weighted by atomic mass is 9.99. The summed E-state index contributed by atoms with van der Waals surface area (Å²) in [4.78, 5) is 29.4. The van der Waals surface area contributed by atoms with Gasteiger partial charge < -0.3 is 10.2 Å². The monoisotopic (exact) mass is 560 g/mol. The van der Waals surface area contributed by atoms with Crippen molar-refractivity contribution in [3.8, 4) is 0 Å². The molecule has 0 aliphatic carbocycles. The van der Waals surface area contributed by atoms with Gasteiger partial charge in [-0.1, -0.05) is 109 Å². The summed E-state index contributed by atoms with van der Waals surface area (Å²) in [5.41, 5.74) is 2.92. The third-order valence-corrected chi connectivity index (χ3v) is 7.84. The molecule has 202 valence electrons. The van der Waals surface area contributed by atoms with E-state index in [-0.39, 0.29) is 30.8 Å². The molecule has 6 heteroatoms. The molecule has 4 aromatic carbocycles. The second-order valence-electron chi connectivity index (χ2n) is 9.93. The molecule has 0 saturated carbocycles. The Labute approximate surface area is 240 Å². The summed E-state index contributed by atoms with van der Waals surface area (Å²) < 4.78 is 0. The molecule has 0 fully saturated rings. The zero-order chi connectivity index (χ0) is 27.8. The maximum atomic E-state index is 14.0. The lowest BCUT2D eigenvalue weighted by Gasteiger charge is -2.32. The number of nitrogens with zero attached hydrogens (tertiary/aromatic N) is 1. The highest BCUT2D eigenvalue weighted by Gasteiger charge is 2.31. The summed E-state index contributed by atoms with van der Waals surface area (Å²) in [7, 11) is 0. The molecule has 0 aliphatic heterocycles. The maximum Gasteiger partial charge on any atom is 0.243 e. The first-order chi connectivity index (χ1) is 18.9. The van der Waals surface area contributed by atoms with Crippen LogP contribution in [0.15, 0.2) is 91.0 Å². The minimum absolute atomic E-state index is 0.00613. The number of nitrogens with one attached hydrogen (secondary N) is 1. The van der Waals surface area contributed by atoms with Crippen LogP contribution >= 0.6 is 23.2 Å². The average Bonchev–Trinajstić information content (AvgIpc) is 2.95. The van der Waals surface area contributed by atoms with E-state index in [9.17, 15) is 9.59 Å². The Morgan fingerprint density at radius 3 is 2.31 bits per heavy atom. The van der Waals surface area contributed by atoms with Gasteiger partial charge in [-0.25, -0.2) is 0 Å². The van der Waals surface area contributed by atoms with E-state index >= 15 is 0 Å². The molecule has 4 aromatic rings. The van der Waals surface area contributed by atoms with Crippen molar-refractivity contribution in [1.82, 2.24) is 10.2 Å². The van der Waals surface area contributed by atoms with Gasteiger partial charge in [-0.3, -0.25) is 9.59 Å². The van der Waals surface area contributed by atoms with E-state index in [1.807, 2.05) is 68.4 Å². The van der Waals surface area contributed by atoms with Gasteiger partial charge in [-0.05, 0) is 59.4 Å². The molecule has 0 radical (unpaired) electrons. The van der Waals surface area contributed by atoms with E-state index in [4.69, 9.17) is 23.2 Å². The van der Waals surface area contributed by atoms with Gasteiger partial charge in [0.05, 0.1) is 10.0 Å². The number of rotatable bonds is 11. The molecule has 0 saturated heterocycles. The van der Waals surface area contributed by atoms with Crippen LogP contribution in [0.5, 0.6) is 0 Å². The van der Waals surface area contributed by atoms with Crippen LogP contribution < -0.4 is 5.32 Å². The molecule has 1 N–H and O–H groups in total. The SMILES string of the molecule is CC[C@H](C)NC(=O)[C@@H](Cc1ccccc1)N(Cc1ccc(Cl)c(Cl)c1)C(=O)CCc1cccc2ccccc12. The molecule has 0 aliphatic rings. The third kappa shape index (κ3) is 7.62. The lowest BCUT2D eigenvalue weighted by Crippen LogP contribution is -2.52. The molecule has 0 aromatic heterocycles. The molecular formula is C33H34Cl2N2O2. The first-order valence-corrected chi connectivity index (χ1v) is 14.2. The van der Waals surface area contributed by atoms with Crippen LogP contribution in [-0.2, 0) is 29.0 Å². The number of benzene rings is 4. The lowest BCUT2D eigenvalue weighted by molar-refractivity contribution is -0.141. The summed E-state index contributed by atoms with van der Waals surface area (Å²) in [6, 6.07) is 28.8. The second kappa shape index (κ2) is 13.6. The Morgan fingerprint density at radius 2 is 1.56 bits per heavy atom. The van der Waals surface area contributed by atoms with Crippen LogP contribution in [0, 0.1) is 0 Å². The molecule has 0 unspecified atom stereocenters. The summed E-state index contributed by atoms with van der Waals surface area (Å²) in [5, 5.41) is 6.26. The number of halogens is 2. The number of carbonyl (C=O) groups is 2. The van der Waals surface area contributed by atoms with Crippen LogP contribution in [0.2, 0.25) is 10.0 Å². The van der Waals surface area contributed by atoms with E-state index in [1.54, 1.807) is 17.0 Å². The summed E-state index contributed by atoms with van der Waals surface area (Å²) in [5.74, 6) is -0.249. The van der Waals surface area contributed by atoms with E-state index < -0.39 is 6.04 Å². The molecule has 4 nitrogen and oxygen atoms in total. The van der Waals surface area contributed by atoms with Crippen molar-refractivity contribution >= 4 is 45.8 Å². The molecule has 2 amide bonds. The zero-order valence-electron chi connectivity index (χ0n) is 22.4. The Hall–Kier alpha value is -3.34. The van der Waals surface area contributed by atoms with E-state index in [0.717, 1.165) is 33.9 Å². The first-order valence-electron chi connectivity index (χ1n) is 13.4. The Morgan fingerprint density at radius 1 is 0.846 bits per heavy atom. The van der Waals surface area contributed by atoms with Crippen molar-refractivity contribution in [1.29, 1.82) is 0 Å². The van der Waals surface area contributed by atoms with Crippen LogP contribution in [0.25, 0.3) is 10.8 Å². The zero-order valence-corrected chi connectivity index (χ0v) is 23.9. The van der Waals surface area contributed by atoms with Gasteiger partial charge in [0.2, 0.25) is 11.8 Å². The molecule has 0 heterocycles. The fourth-order valence-corrected chi connectivity index (χ4v) is 5.05. The fourth-order valence-electron chi connectivity index (χ4n) is 4.73. The van der Waals surface area contributed by atoms with Gasteiger partial charge in [0.25, 0.3) is 0 Å². The molecule has 0 spiro atoms. The van der Waals surface area contributed by atoms with Crippen molar-refractivity contribution < 1.29 is 9.59 Å². The van der Waals surface area contributed by atoms with Crippen LogP contribution in [0.3, 0.4) is 0 Å². The van der Waals surface area contributed by atoms with Crippen molar-refractivity contribution in [3.05, 3.63) is 118 Å². The maximum absolute atomic E-state index is 14.0. The summed E-state index contributed by atoms with van der Waals surface area (Å²) in [6.07, 6.45) is 2.05. The van der Waals surface area contributed by atoms with E-state index in [2.05, 4.69) is 29.6 Å². The Balaban J connectivity index is 1.66. The number of carbonyl (C=O) groups excluding carboxylic acids is 2. The van der Waals surface area contributed by atoms with E-state index in [0.29, 0.717) is 22.9 Å². The summed E-state index contributed by atoms with van der Waals surface area (Å²) in [6.45, 7) is 4.25. The molecule has 2 atom stereocenters. The highest BCUT2D eigenvalue weighted by atomic mass is 35.5. The van der Waals surface area contributed by atoms with Gasteiger partial charge in [-0.15, -0.1) is 0 Å². The van der Waals surface area contributed by atoms with Crippen LogP contribution in [-0.4, -0.2) is 28.8 Å². The quantitative estimate of drug-likeness (QED) is 0.205. The summed E-state index contributed by atoms with van der Waals surface area (Å²) >= 11 is 12.5. The van der Waals surface area contributed by atoms with Gasteiger partial charge in [0, 0.05) is 25.4 Å². The number of fused-ring (bicyclic) bond motifs is 1. The fraction of sp³-hybridized carbons (Fsp3) is 0.273. The molecule has 0 bridgehead atoms. The highest BCUT2D eigenvalue weighted by Crippen LogP contribution is 2.25. The predicted molar refractivity (Wildman–Crippen MR) is 161 cm³/mol.